The van der Waals surface area contributed by atoms with E-state index in [1.807, 2.05) is 0 Å². The zero-order valence-electron chi connectivity index (χ0n) is 10.4. The molecule has 18 heavy (non-hydrogen) atoms. The summed E-state index contributed by atoms with van der Waals surface area (Å²) in [7, 11) is -0.146. The fourth-order valence-corrected chi connectivity index (χ4v) is 2.61. The first-order chi connectivity index (χ1) is 8.63. The summed E-state index contributed by atoms with van der Waals surface area (Å²) in [6.45, 7) is 0. The van der Waals surface area contributed by atoms with Crippen LogP contribution < -0.4 is 5.46 Å². The first-order valence-electron chi connectivity index (χ1n) is 6.21. The van der Waals surface area contributed by atoms with Gasteiger partial charge in [-0.3, -0.25) is 0 Å². The number of hydrogen-bond donors (Lipinski definition) is 2. The Morgan fingerprint density at radius 3 is 2.56 bits per heavy atom. The molecule has 5 heteroatoms. The van der Waals surface area contributed by atoms with Crippen LogP contribution in [0.3, 0.4) is 0 Å². The third-order valence-electron chi connectivity index (χ3n) is 3.57. The molecule has 0 aromatic heterocycles. The molecule has 0 atom stereocenters. The molecule has 4 nitrogen and oxygen atoms in total. The Bertz CT molecular complexity index is 439. The molecule has 2 rings (SSSR count). The molecule has 1 aliphatic carbocycles. The summed E-state index contributed by atoms with van der Waals surface area (Å²) in [5, 5.41) is 18.4. The van der Waals surface area contributed by atoms with E-state index in [9.17, 15) is 14.8 Å². The monoisotopic (exact) mass is 248 g/mol. The molecule has 1 fully saturated rings. The molecule has 1 aromatic rings. The Hall–Kier alpha value is -1.33. The van der Waals surface area contributed by atoms with Gasteiger partial charge in [-0.25, -0.2) is 4.79 Å². The number of hydrogen-bond acceptors (Lipinski definition) is 4. The highest BCUT2D eigenvalue weighted by Gasteiger charge is 2.25. The summed E-state index contributed by atoms with van der Waals surface area (Å²) in [5.74, 6) is -0.0475. The summed E-state index contributed by atoms with van der Waals surface area (Å²) in [4.78, 5) is 11.7. The zero-order valence-corrected chi connectivity index (χ0v) is 10.4. The third kappa shape index (κ3) is 2.57. The van der Waals surface area contributed by atoms with Crippen LogP contribution in [0, 0.1) is 0 Å². The lowest BCUT2D eigenvalue weighted by atomic mass is 9.77. The van der Waals surface area contributed by atoms with Crippen molar-refractivity contribution in [1.82, 2.24) is 0 Å². The Kier molecular flexibility index (Phi) is 4.04. The predicted octanol–water partition coefficient (Wildman–Crippen LogP) is 0.811. The van der Waals surface area contributed by atoms with E-state index in [1.54, 1.807) is 18.2 Å². The van der Waals surface area contributed by atoms with E-state index in [0.717, 1.165) is 31.2 Å². The Morgan fingerprint density at radius 1 is 1.33 bits per heavy atom. The molecule has 2 N–H and O–H groups in total. The van der Waals surface area contributed by atoms with Gasteiger partial charge in [0.2, 0.25) is 0 Å². The van der Waals surface area contributed by atoms with Gasteiger partial charge in [-0.2, -0.15) is 0 Å². The van der Waals surface area contributed by atoms with E-state index < -0.39 is 7.12 Å². The Morgan fingerprint density at radius 2 is 2.00 bits per heavy atom. The minimum absolute atomic E-state index is 0.317. The topological polar surface area (TPSA) is 66.8 Å². The van der Waals surface area contributed by atoms with Crippen LogP contribution in [0.5, 0.6) is 0 Å². The lowest BCUT2D eigenvalue weighted by Crippen LogP contribution is -2.31. The van der Waals surface area contributed by atoms with Crippen molar-refractivity contribution >= 4 is 18.6 Å². The fourth-order valence-electron chi connectivity index (χ4n) is 2.61. The minimum Gasteiger partial charge on any atom is -0.465 e. The molecule has 1 aliphatic rings. The van der Waals surface area contributed by atoms with Gasteiger partial charge in [0, 0.05) is 0 Å². The average molecular weight is 248 g/mol. The highest BCUT2D eigenvalue weighted by Crippen LogP contribution is 2.35. The zero-order chi connectivity index (χ0) is 13.1. The van der Waals surface area contributed by atoms with Crippen molar-refractivity contribution in [2.75, 3.05) is 7.11 Å². The van der Waals surface area contributed by atoms with E-state index in [4.69, 9.17) is 4.74 Å². The van der Waals surface area contributed by atoms with Crippen LogP contribution in [-0.2, 0) is 4.74 Å². The quantitative estimate of drug-likeness (QED) is 0.613. The molecular formula is C13H17BO4. The first kappa shape index (κ1) is 13.1. The van der Waals surface area contributed by atoms with E-state index in [1.165, 1.54) is 7.11 Å². The average Bonchev–Trinajstić information content (AvgIpc) is 2.90. The summed E-state index contributed by atoms with van der Waals surface area (Å²) >= 11 is 0. The van der Waals surface area contributed by atoms with Crippen molar-refractivity contribution in [3.8, 4) is 0 Å². The third-order valence-corrected chi connectivity index (χ3v) is 3.57. The van der Waals surface area contributed by atoms with Gasteiger partial charge in [-0.15, -0.1) is 0 Å². The van der Waals surface area contributed by atoms with E-state index in [-0.39, 0.29) is 5.97 Å². The number of rotatable bonds is 3. The van der Waals surface area contributed by atoms with Crippen LogP contribution >= 0.6 is 0 Å². The Labute approximate surface area is 107 Å². The lowest BCUT2D eigenvalue weighted by molar-refractivity contribution is 0.0599. The molecule has 0 saturated heterocycles. The van der Waals surface area contributed by atoms with Gasteiger partial charge in [0.05, 0.1) is 12.7 Å². The second-order valence-electron chi connectivity index (χ2n) is 4.69. The largest absolute Gasteiger partial charge is 0.488 e. The van der Waals surface area contributed by atoms with Crippen LogP contribution in [0.25, 0.3) is 0 Å². The maximum atomic E-state index is 11.7. The van der Waals surface area contributed by atoms with Crippen molar-refractivity contribution in [2.45, 2.75) is 31.6 Å². The van der Waals surface area contributed by atoms with Crippen molar-refractivity contribution in [1.29, 1.82) is 0 Å². The molecule has 1 saturated carbocycles. The number of methoxy groups -OCH3 is 1. The first-order valence-corrected chi connectivity index (χ1v) is 6.21. The summed E-state index contributed by atoms with van der Waals surface area (Å²) in [6, 6.07) is 4.89. The summed E-state index contributed by atoms with van der Waals surface area (Å²) in [5.41, 5.74) is 1.84. The summed E-state index contributed by atoms with van der Waals surface area (Å²) < 4.78 is 4.77. The number of ether oxygens (including phenoxy) is 1. The molecule has 0 bridgehead atoms. The van der Waals surface area contributed by atoms with Crippen LogP contribution in [-0.4, -0.2) is 30.2 Å². The van der Waals surface area contributed by atoms with Gasteiger partial charge in [0.1, 0.15) is 0 Å². The molecule has 0 unspecified atom stereocenters. The number of benzene rings is 1. The lowest BCUT2D eigenvalue weighted by Gasteiger charge is -2.15. The number of esters is 1. The van der Waals surface area contributed by atoms with Crippen molar-refractivity contribution < 1.29 is 19.6 Å². The number of carbonyl (C=O) groups excluding carboxylic acids is 1. The summed E-state index contributed by atoms with van der Waals surface area (Å²) in [6.07, 6.45) is 4.37. The maximum absolute atomic E-state index is 11.7. The van der Waals surface area contributed by atoms with Crippen LogP contribution in [0.1, 0.15) is 47.5 Å². The van der Waals surface area contributed by atoms with Crippen molar-refractivity contribution in [3.63, 3.8) is 0 Å². The van der Waals surface area contributed by atoms with Crippen molar-refractivity contribution in [2.24, 2.45) is 0 Å². The van der Waals surface area contributed by atoms with Crippen LogP contribution in [0.4, 0.5) is 0 Å². The molecule has 0 heterocycles. The highest BCUT2D eigenvalue weighted by atomic mass is 16.5. The molecular weight excluding hydrogens is 231 g/mol. The van der Waals surface area contributed by atoms with Gasteiger partial charge in [0.15, 0.2) is 0 Å². The highest BCUT2D eigenvalue weighted by molar-refractivity contribution is 6.58. The number of carbonyl (C=O) groups is 1. The fraction of sp³-hybridized carbons (Fsp3) is 0.462. The van der Waals surface area contributed by atoms with Gasteiger partial charge >= 0.3 is 13.1 Å². The second-order valence-corrected chi connectivity index (χ2v) is 4.69. The van der Waals surface area contributed by atoms with Gasteiger partial charge in [0.25, 0.3) is 0 Å². The molecule has 0 aliphatic heterocycles. The van der Waals surface area contributed by atoms with Gasteiger partial charge in [-0.05, 0) is 35.9 Å². The SMILES string of the molecule is COC(=O)c1ccc(B(O)O)cc1C1CCCC1. The predicted molar refractivity (Wildman–Crippen MR) is 68.8 cm³/mol. The molecule has 0 radical (unpaired) electrons. The van der Waals surface area contributed by atoms with Gasteiger partial charge < -0.3 is 14.8 Å². The standard InChI is InChI=1S/C13H17BO4/c1-18-13(15)11-7-6-10(14(16)17)8-12(11)9-4-2-3-5-9/h6-9,16-17H,2-5H2,1H3. The minimum atomic E-state index is -1.50. The maximum Gasteiger partial charge on any atom is 0.488 e. The van der Waals surface area contributed by atoms with Gasteiger partial charge in [-0.1, -0.05) is 25.0 Å². The molecule has 1 aromatic carbocycles. The molecule has 0 amide bonds. The molecule has 0 spiro atoms. The molecule has 96 valence electrons. The second kappa shape index (κ2) is 5.54. The van der Waals surface area contributed by atoms with Crippen molar-refractivity contribution in [3.05, 3.63) is 29.3 Å². The normalized spacial score (nSPS) is 15.7. The van der Waals surface area contributed by atoms with E-state index in [0.29, 0.717) is 16.9 Å². The smallest absolute Gasteiger partial charge is 0.465 e. The van der Waals surface area contributed by atoms with E-state index >= 15 is 0 Å². The Balaban J connectivity index is 2.42. The van der Waals surface area contributed by atoms with Crippen LogP contribution in [0.2, 0.25) is 0 Å². The van der Waals surface area contributed by atoms with E-state index in [2.05, 4.69) is 0 Å². The van der Waals surface area contributed by atoms with Crippen LogP contribution in [0.15, 0.2) is 18.2 Å².